The van der Waals surface area contributed by atoms with Gasteiger partial charge in [-0.1, -0.05) is 0 Å². The minimum atomic E-state index is -0.104. The Kier molecular flexibility index (Phi) is 4.04. The van der Waals surface area contributed by atoms with Gasteiger partial charge in [0, 0.05) is 31.4 Å². The van der Waals surface area contributed by atoms with Crippen LogP contribution < -0.4 is 0 Å². The van der Waals surface area contributed by atoms with Gasteiger partial charge >= 0.3 is 0 Å². The molecule has 0 aromatic carbocycles. The zero-order valence-corrected chi connectivity index (χ0v) is 12.7. The van der Waals surface area contributed by atoms with Gasteiger partial charge < -0.3 is 4.90 Å². The van der Waals surface area contributed by atoms with Gasteiger partial charge in [0.15, 0.2) is 0 Å². The van der Waals surface area contributed by atoms with E-state index in [1.165, 1.54) is 0 Å². The smallest absolute Gasteiger partial charge is 0.273 e. The van der Waals surface area contributed by atoms with Gasteiger partial charge in [-0.25, -0.2) is 0 Å². The maximum absolute atomic E-state index is 12.2. The Morgan fingerprint density at radius 1 is 1.53 bits per heavy atom. The molecule has 1 amide bonds. The molecule has 0 saturated carbocycles. The second-order valence-electron chi connectivity index (χ2n) is 4.33. The largest absolute Gasteiger partial charge is 0.336 e. The van der Waals surface area contributed by atoms with Crippen LogP contribution in [-0.2, 0) is 13.1 Å². The summed E-state index contributed by atoms with van der Waals surface area (Å²) in [5.74, 6) is -0.104. The van der Waals surface area contributed by atoms with Crippen LogP contribution >= 0.6 is 15.9 Å². The third-order valence-corrected chi connectivity index (χ3v) is 3.67. The van der Waals surface area contributed by atoms with Crippen LogP contribution in [0.2, 0.25) is 0 Å². The predicted molar refractivity (Wildman–Crippen MR) is 74.7 cm³/mol. The van der Waals surface area contributed by atoms with Gasteiger partial charge in [-0.2, -0.15) is 10.2 Å². The number of aryl methyl sites for hydroxylation is 1. The Morgan fingerprint density at radius 3 is 2.79 bits per heavy atom. The number of halogens is 1. The first-order chi connectivity index (χ1) is 9.04. The number of nitrogens with zero attached hydrogens (tertiary/aromatic N) is 4. The molecule has 6 nitrogen and oxygen atoms in total. The van der Waals surface area contributed by atoms with Gasteiger partial charge in [0.1, 0.15) is 5.69 Å². The van der Waals surface area contributed by atoms with Crippen molar-refractivity contribution in [2.75, 3.05) is 7.05 Å². The SMILES string of the molecule is CCn1ncc(CN(C)C(=O)c2[nH]ncc2Br)c1C. The van der Waals surface area contributed by atoms with Crippen molar-refractivity contribution in [1.29, 1.82) is 0 Å². The molecule has 1 N–H and O–H groups in total. The molecule has 2 heterocycles. The number of nitrogens with one attached hydrogen (secondary N) is 1. The van der Waals surface area contributed by atoms with Gasteiger partial charge in [-0.15, -0.1) is 0 Å². The summed E-state index contributed by atoms with van der Waals surface area (Å²) in [6.45, 7) is 5.41. The average Bonchev–Trinajstić information content (AvgIpc) is 2.96. The molecule has 0 atom stereocenters. The molecule has 0 radical (unpaired) electrons. The van der Waals surface area contributed by atoms with E-state index in [-0.39, 0.29) is 5.91 Å². The van der Waals surface area contributed by atoms with E-state index in [9.17, 15) is 4.79 Å². The first kappa shape index (κ1) is 13.8. The summed E-state index contributed by atoms with van der Waals surface area (Å²) in [7, 11) is 1.76. The molecular weight excluding hydrogens is 310 g/mol. The van der Waals surface area contributed by atoms with Gasteiger partial charge in [-0.3, -0.25) is 14.6 Å². The second kappa shape index (κ2) is 5.56. The summed E-state index contributed by atoms with van der Waals surface area (Å²) in [4.78, 5) is 13.9. The van der Waals surface area contributed by atoms with Crippen molar-refractivity contribution in [2.24, 2.45) is 0 Å². The Labute approximate surface area is 119 Å². The van der Waals surface area contributed by atoms with E-state index in [2.05, 4.69) is 31.2 Å². The van der Waals surface area contributed by atoms with Crippen molar-refractivity contribution < 1.29 is 4.79 Å². The molecule has 2 aromatic rings. The van der Waals surface area contributed by atoms with E-state index >= 15 is 0 Å². The first-order valence-electron chi connectivity index (χ1n) is 6.00. The van der Waals surface area contributed by atoms with Crippen molar-refractivity contribution in [3.63, 3.8) is 0 Å². The van der Waals surface area contributed by atoms with Crippen molar-refractivity contribution in [2.45, 2.75) is 26.9 Å². The van der Waals surface area contributed by atoms with Crippen molar-refractivity contribution in [3.05, 3.63) is 33.8 Å². The zero-order valence-electron chi connectivity index (χ0n) is 11.1. The maximum atomic E-state index is 12.2. The lowest BCUT2D eigenvalue weighted by Crippen LogP contribution is -2.27. The normalized spacial score (nSPS) is 10.7. The first-order valence-corrected chi connectivity index (χ1v) is 6.79. The summed E-state index contributed by atoms with van der Waals surface area (Å²) in [5.41, 5.74) is 2.60. The van der Waals surface area contributed by atoms with Gasteiger partial charge in [-0.05, 0) is 29.8 Å². The number of hydrogen-bond donors (Lipinski definition) is 1. The van der Waals surface area contributed by atoms with Crippen LogP contribution in [0.25, 0.3) is 0 Å². The second-order valence-corrected chi connectivity index (χ2v) is 5.18. The van der Waals surface area contributed by atoms with Crippen LogP contribution in [0.5, 0.6) is 0 Å². The van der Waals surface area contributed by atoms with Crippen molar-refractivity contribution in [1.82, 2.24) is 24.9 Å². The molecule has 0 aliphatic heterocycles. The number of H-pyrrole nitrogens is 1. The lowest BCUT2D eigenvalue weighted by Gasteiger charge is -2.16. The Hall–Kier alpha value is -1.63. The predicted octanol–water partition coefficient (Wildman–Crippen LogP) is 1.97. The van der Waals surface area contributed by atoms with E-state index in [1.807, 2.05) is 24.7 Å². The van der Waals surface area contributed by atoms with Crippen LogP contribution in [0.3, 0.4) is 0 Å². The van der Waals surface area contributed by atoms with Crippen LogP contribution in [0.4, 0.5) is 0 Å². The van der Waals surface area contributed by atoms with E-state index in [4.69, 9.17) is 0 Å². The Morgan fingerprint density at radius 2 is 2.26 bits per heavy atom. The number of carbonyl (C=O) groups is 1. The molecule has 0 saturated heterocycles. The minimum absolute atomic E-state index is 0.104. The van der Waals surface area contributed by atoms with E-state index in [0.29, 0.717) is 16.7 Å². The Balaban J connectivity index is 2.13. The molecule has 2 aromatic heterocycles. The number of rotatable bonds is 4. The van der Waals surface area contributed by atoms with E-state index < -0.39 is 0 Å². The van der Waals surface area contributed by atoms with Crippen LogP contribution in [0.15, 0.2) is 16.9 Å². The molecule has 19 heavy (non-hydrogen) atoms. The summed E-state index contributed by atoms with van der Waals surface area (Å²) >= 11 is 3.29. The molecular formula is C12H16BrN5O. The Bertz CT molecular complexity index is 589. The summed E-state index contributed by atoms with van der Waals surface area (Å²) in [6.07, 6.45) is 3.38. The van der Waals surface area contributed by atoms with Gasteiger partial charge in [0.2, 0.25) is 0 Å². The number of carbonyl (C=O) groups excluding carboxylic acids is 1. The molecule has 0 fully saturated rings. The standard InChI is InChI=1S/C12H16BrN5O/c1-4-18-8(2)9(5-15-18)7-17(3)12(19)11-10(13)6-14-16-11/h5-6H,4,7H2,1-3H3,(H,14,16). The summed E-state index contributed by atoms with van der Waals surface area (Å²) < 4.78 is 2.59. The monoisotopic (exact) mass is 325 g/mol. The fraction of sp³-hybridized carbons (Fsp3) is 0.417. The molecule has 0 unspecified atom stereocenters. The van der Waals surface area contributed by atoms with Gasteiger partial charge in [0.05, 0.1) is 16.9 Å². The third-order valence-electron chi connectivity index (χ3n) is 3.07. The number of amides is 1. The van der Waals surface area contributed by atoms with Crippen molar-refractivity contribution >= 4 is 21.8 Å². The van der Waals surface area contributed by atoms with Gasteiger partial charge in [0.25, 0.3) is 5.91 Å². The molecule has 0 aliphatic rings. The number of aromatic amines is 1. The molecule has 0 aliphatic carbocycles. The highest BCUT2D eigenvalue weighted by atomic mass is 79.9. The lowest BCUT2D eigenvalue weighted by molar-refractivity contribution is 0.0778. The quantitative estimate of drug-likeness (QED) is 0.934. The highest BCUT2D eigenvalue weighted by molar-refractivity contribution is 9.10. The number of aromatic nitrogens is 4. The summed E-state index contributed by atoms with van der Waals surface area (Å²) in [6, 6.07) is 0. The molecule has 102 valence electrons. The molecule has 7 heteroatoms. The summed E-state index contributed by atoms with van der Waals surface area (Å²) in [5, 5.41) is 10.8. The highest BCUT2D eigenvalue weighted by Gasteiger charge is 2.18. The van der Waals surface area contributed by atoms with Crippen LogP contribution in [0, 0.1) is 6.92 Å². The average molecular weight is 326 g/mol. The highest BCUT2D eigenvalue weighted by Crippen LogP contribution is 2.16. The third kappa shape index (κ3) is 2.70. The topological polar surface area (TPSA) is 66.8 Å². The van der Waals surface area contributed by atoms with Crippen LogP contribution in [0.1, 0.15) is 28.7 Å². The minimum Gasteiger partial charge on any atom is -0.336 e. The maximum Gasteiger partial charge on any atom is 0.273 e. The lowest BCUT2D eigenvalue weighted by atomic mass is 10.2. The van der Waals surface area contributed by atoms with E-state index in [0.717, 1.165) is 17.8 Å². The number of hydrogen-bond acceptors (Lipinski definition) is 3. The molecule has 2 rings (SSSR count). The van der Waals surface area contributed by atoms with Crippen molar-refractivity contribution in [3.8, 4) is 0 Å². The molecule has 0 spiro atoms. The van der Waals surface area contributed by atoms with E-state index in [1.54, 1.807) is 18.1 Å². The fourth-order valence-corrected chi connectivity index (χ4v) is 2.26. The zero-order chi connectivity index (χ0) is 14.0. The molecule has 0 bridgehead atoms. The van der Waals surface area contributed by atoms with Crippen LogP contribution in [-0.4, -0.2) is 37.8 Å². The fourth-order valence-electron chi connectivity index (χ4n) is 1.90.